The van der Waals surface area contributed by atoms with Gasteiger partial charge < -0.3 is 19.4 Å². The van der Waals surface area contributed by atoms with Gasteiger partial charge in [-0.1, -0.05) is 22.9 Å². The Kier molecular flexibility index (Phi) is 5.99. The van der Waals surface area contributed by atoms with Crippen LogP contribution in [-0.2, 0) is 17.5 Å². The van der Waals surface area contributed by atoms with Gasteiger partial charge in [0.15, 0.2) is 11.5 Å². The second kappa shape index (κ2) is 9.24. The summed E-state index contributed by atoms with van der Waals surface area (Å²) in [6.07, 6.45) is -1.37. The Morgan fingerprint density at radius 2 is 2.03 bits per heavy atom. The molecule has 0 bridgehead atoms. The largest absolute Gasteiger partial charge is 0.443 e. The van der Waals surface area contributed by atoms with Crippen LogP contribution in [-0.4, -0.2) is 66.0 Å². The minimum atomic E-state index is -4.60. The number of aromatic amines is 1. The number of pyridine rings is 1. The fraction of sp³-hybridized carbons (Fsp3) is 0.292. The summed E-state index contributed by atoms with van der Waals surface area (Å²) < 4.78 is 42.7. The van der Waals surface area contributed by atoms with Crippen molar-refractivity contribution >= 4 is 56.0 Å². The van der Waals surface area contributed by atoms with Crippen molar-refractivity contribution in [3.05, 3.63) is 52.9 Å². The lowest BCUT2D eigenvalue weighted by molar-refractivity contribution is -0.137. The molecule has 5 heterocycles. The van der Waals surface area contributed by atoms with E-state index in [0.717, 1.165) is 0 Å². The van der Waals surface area contributed by atoms with Crippen molar-refractivity contribution in [2.45, 2.75) is 25.7 Å². The summed E-state index contributed by atoms with van der Waals surface area (Å²) in [5.41, 5.74) is 2.61. The van der Waals surface area contributed by atoms with Crippen molar-refractivity contribution in [3.8, 4) is 11.5 Å². The van der Waals surface area contributed by atoms with Gasteiger partial charge >= 0.3 is 6.18 Å². The van der Waals surface area contributed by atoms with Crippen LogP contribution in [0.3, 0.4) is 0 Å². The van der Waals surface area contributed by atoms with Gasteiger partial charge in [0.1, 0.15) is 22.8 Å². The number of halogens is 4. The molecule has 0 saturated carbocycles. The van der Waals surface area contributed by atoms with Crippen LogP contribution in [0.15, 0.2) is 42.9 Å². The molecule has 0 spiro atoms. The van der Waals surface area contributed by atoms with E-state index in [4.69, 9.17) is 11.6 Å². The number of carbonyl (C=O) groups is 1. The minimum Gasteiger partial charge on any atom is -0.358 e. The van der Waals surface area contributed by atoms with Gasteiger partial charge in [0.25, 0.3) is 0 Å². The first kappa shape index (κ1) is 24.6. The van der Waals surface area contributed by atoms with Crippen molar-refractivity contribution in [1.29, 1.82) is 0 Å². The fourth-order valence-corrected chi connectivity index (χ4v) is 5.79. The summed E-state index contributed by atoms with van der Waals surface area (Å²) in [5.74, 6) is 0.117. The first-order valence-electron chi connectivity index (χ1n) is 11.7. The number of thiazole rings is 1. The second-order valence-electron chi connectivity index (χ2n) is 9.02. The Bertz CT molecular complexity index is 1660. The number of nitrogens with zero attached hydrogens (tertiary/aromatic N) is 7. The summed E-state index contributed by atoms with van der Waals surface area (Å²) in [7, 11) is 0. The van der Waals surface area contributed by atoms with E-state index < -0.39 is 11.2 Å². The van der Waals surface area contributed by atoms with E-state index >= 15 is 0 Å². The molecule has 196 valence electrons. The number of H-pyrrole nitrogens is 1. The van der Waals surface area contributed by atoms with Crippen molar-refractivity contribution in [1.82, 2.24) is 34.4 Å². The Morgan fingerprint density at radius 1 is 1.18 bits per heavy atom. The summed E-state index contributed by atoms with van der Waals surface area (Å²) in [4.78, 5) is 36.8. The van der Waals surface area contributed by atoms with Crippen LogP contribution < -0.4 is 4.90 Å². The minimum absolute atomic E-state index is 0.0728. The lowest BCUT2D eigenvalue weighted by Crippen LogP contribution is -2.54. The van der Waals surface area contributed by atoms with Gasteiger partial charge in [-0.2, -0.15) is 13.2 Å². The van der Waals surface area contributed by atoms with Crippen LogP contribution in [0, 0.1) is 0 Å². The second-order valence-corrected chi connectivity index (χ2v) is 10.4. The van der Waals surface area contributed by atoms with E-state index in [1.54, 1.807) is 46.3 Å². The van der Waals surface area contributed by atoms with Gasteiger partial charge in [-0.25, -0.2) is 19.9 Å². The maximum absolute atomic E-state index is 13.7. The fourth-order valence-electron chi connectivity index (χ4n) is 4.65. The molecule has 1 fully saturated rings. The average Bonchev–Trinajstić information content (AvgIpc) is 3.60. The van der Waals surface area contributed by atoms with E-state index in [1.807, 2.05) is 17.9 Å². The molecule has 9 nitrogen and oxygen atoms in total. The molecule has 5 aromatic rings. The number of fused-ring (bicyclic) bond motifs is 2. The Hall–Kier alpha value is -3.71. The van der Waals surface area contributed by atoms with Crippen molar-refractivity contribution in [2.24, 2.45) is 0 Å². The third-order valence-electron chi connectivity index (χ3n) is 6.44. The first-order valence-corrected chi connectivity index (χ1v) is 12.9. The van der Waals surface area contributed by atoms with Crippen LogP contribution in [0.4, 0.5) is 18.2 Å². The number of anilines is 1. The normalized spacial score (nSPS) is 16.6. The van der Waals surface area contributed by atoms with Gasteiger partial charge in [0, 0.05) is 36.9 Å². The van der Waals surface area contributed by atoms with Gasteiger partial charge in [-0.15, -0.1) is 0 Å². The highest BCUT2D eigenvalue weighted by Crippen LogP contribution is 2.42. The molecule has 6 rings (SSSR count). The van der Waals surface area contributed by atoms with Crippen LogP contribution in [0.2, 0.25) is 5.02 Å². The molecule has 1 amide bonds. The van der Waals surface area contributed by atoms with Gasteiger partial charge in [-0.05, 0) is 37.3 Å². The highest BCUT2D eigenvalue weighted by atomic mass is 35.5. The predicted octanol–water partition coefficient (Wildman–Crippen LogP) is 4.84. The quantitative estimate of drug-likeness (QED) is 0.338. The molecular formula is C24H20ClF3N8OS. The maximum atomic E-state index is 13.7. The number of benzene rings is 1. The number of carbonyl (C=O) groups excluding carboxylic acids is 1. The molecule has 0 aliphatic carbocycles. The van der Waals surface area contributed by atoms with E-state index in [9.17, 15) is 18.0 Å². The molecule has 14 heteroatoms. The van der Waals surface area contributed by atoms with Crippen molar-refractivity contribution < 1.29 is 18.0 Å². The van der Waals surface area contributed by atoms with Gasteiger partial charge in [-0.3, -0.25) is 4.79 Å². The molecule has 0 radical (unpaired) electrons. The number of hydrogen-bond acceptors (Lipinski definition) is 7. The Labute approximate surface area is 222 Å². The molecule has 4 aromatic heterocycles. The van der Waals surface area contributed by atoms with Crippen LogP contribution in [0.25, 0.3) is 33.7 Å². The summed E-state index contributed by atoms with van der Waals surface area (Å²) in [6, 6.07) is 8.38. The number of hydrogen-bond donors (Lipinski definition) is 1. The summed E-state index contributed by atoms with van der Waals surface area (Å²) in [6.45, 7) is 2.98. The smallest absolute Gasteiger partial charge is 0.358 e. The van der Waals surface area contributed by atoms with Gasteiger partial charge in [0.2, 0.25) is 10.9 Å². The monoisotopic (exact) mass is 560 g/mol. The number of nitrogens with one attached hydrogen (secondary N) is 1. The third kappa shape index (κ3) is 4.45. The molecule has 1 N–H and O–H groups in total. The van der Waals surface area contributed by atoms with Gasteiger partial charge in [0.05, 0.1) is 17.4 Å². The first-order chi connectivity index (χ1) is 18.2. The van der Waals surface area contributed by atoms with Crippen molar-refractivity contribution in [3.63, 3.8) is 0 Å². The lowest BCUT2D eigenvalue weighted by atomic mass is 10.2. The highest BCUT2D eigenvalue weighted by molar-refractivity contribution is 7.16. The maximum Gasteiger partial charge on any atom is 0.443 e. The molecule has 1 aliphatic heterocycles. The molecular weight excluding hydrogens is 541 g/mol. The SMILES string of the molecule is C[C@@H]1CN(c2sc(C(F)(F)F)nc2-c2nc3cc(Cl)ccc3[nH]2)CCN1C(=O)Cn1cnc2cccnc21. The number of amides is 1. The zero-order valence-electron chi connectivity index (χ0n) is 19.9. The third-order valence-corrected chi connectivity index (χ3v) is 7.83. The van der Waals surface area contributed by atoms with E-state index in [1.165, 1.54) is 0 Å². The number of imidazole rings is 2. The number of alkyl halides is 3. The topological polar surface area (TPSA) is 95.8 Å². The zero-order chi connectivity index (χ0) is 26.6. The Balaban J connectivity index is 1.26. The molecule has 1 aromatic carbocycles. The van der Waals surface area contributed by atoms with E-state index in [2.05, 4.69) is 24.9 Å². The molecule has 1 saturated heterocycles. The van der Waals surface area contributed by atoms with Crippen LogP contribution in [0.5, 0.6) is 0 Å². The average molecular weight is 561 g/mol. The van der Waals surface area contributed by atoms with Crippen molar-refractivity contribution in [2.75, 3.05) is 24.5 Å². The highest BCUT2D eigenvalue weighted by Gasteiger charge is 2.39. The zero-order valence-corrected chi connectivity index (χ0v) is 21.5. The predicted molar refractivity (Wildman–Crippen MR) is 138 cm³/mol. The number of piperazine rings is 1. The molecule has 0 unspecified atom stereocenters. The number of aromatic nitrogens is 6. The molecule has 1 atom stereocenters. The van der Waals surface area contributed by atoms with Crippen LogP contribution >= 0.6 is 22.9 Å². The van der Waals surface area contributed by atoms with Crippen LogP contribution in [0.1, 0.15) is 11.9 Å². The molecule has 38 heavy (non-hydrogen) atoms. The summed E-state index contributed by atoms with van der Waals surface area (Å²) >= 11 is 6.63. The number of rotatable bonds is 4. The summed E-state index contributed by atoms with van der Waals surface area (Å²) in [5, 5.41) is -0.128. The van der Waals surface area contributed by atoms with E-state index in [-0.39, 0.29) is 30.0 Å². The Morgan fingerprint density at radius 3 is 2.82 bits per heavy atom. The lowest BCUT2D eigenvalue weighted by Gasteiger charge is -2.40. The van der Waals surface area contributed by atoms with E-state index in [0.29, 0.717) is 63.2 Å². The molecule has 1 aliphatic rings. The standard InChI is InChI=1S/C24H20ClF3N8OS/c1-13-10-34(7-8-36(13)18(37)11-35-12-30-16-3-2-6-29-21(16)35)22-19(33-23(38-22)24(26,27)28)20-31-15-5-4-14(25)9-17(15)32-20/h2-6,9,12-13H,7-8,10-11H2,1H3,(H,31,32)/t13-/m1/s1.